The van der Waals surface area contributed by atoms with Gasteiger partial charge in [-0.05, 0) is 48.9 Å². The van der Waals surface area contributed by atoms with Crippen molar-refractivity contribution in [3.8, 4) is 0 Å². The number of rotatable bonds is 11. The summed E-state index contributed by atoms with van der Waals surface area (Å²) in [5.74, 6) is -0.184. The van der Waals surface area contributed by atoms with E-state index in [0.717, 1.165) is 28.7 Å². The summed E-state index contributed by atoms with van der Waals surface area (Å²) >= 11 is 0. The molecular formula is C31H38N2O2. The molecule has 4 heteroatoms. The van der Waals surface area contributed by atoms with Crippen LogP contribution >= 0.6 is 0 Å². The summed E-state index contributed by atoms with van der Waals surface area (Å²) < 4.78 is 0. The first kappa shape index (κ1) is 26.2. The van der Waals surface area contributed by atoms with Crippen LogP contribution in [0.15, 0.2) is 84.9 Å². The number of benzene rings is 3. The maximum Gasteiger partial charge on any atom is 0.243 e. The molecule has 1 N–H and O–H groups in total. The van der Waals surface area contributed by atoms with Crippen molar-refractivity contribution in [2.24, 2.45) is 0 Å². The Hall–Kier alpha value is -3.40. The smallest absolute Gasteiger partial charge is 0.243 e. The zero-order chi connectivity index (χ0) is 25.2. The summed E-state index contributed by atoms with van der Waals surface area (Å²) in [5.41, 5.74) is 4.37. The van der Waals surface area contributed by atoms with Crippen LogP contribution in [-0.4, -0.2) is 28.8 Å². The van der Waals surface area contributed by atoms with E-state index in [9.17, 15) is 9.59 Å². The largest absolute Gasteiger partial charge is 0.352 e. The number of nitrogens with one attached hydrogen (secondary N) is 1. The van der Waals surface area contributed by atoms with Crippen molar-refractivity contribution >= 4 is 11.8 Å². The SMILES string of the molecule is CCC(C)NC(=O)C(CC)N(Cc1ccccc1C)C(=O)CC(c1ccccc1)c1ccccc1. The number of hydrogen-bond donors (Lipinski definition) is 1. The van der Waals surface area contributed by atoms with Gasteiger partial charge in [0, 0.05) is 24.9 Å². The molecule has 0 bridgehead atoms. The predicted octanol–water partition coefficient (Wildman–Crippen LogP) is 6.24. The molecule has 0 spiro atoms. The van der Waals surface area contributed by atoms with E-state index >= 15 is 0 Å². The molecule has 0 radical (unpaired) electrons. The zero-order valence-corrected chi connectivity index (χ0v) is 21.4. The van der Waals surface area contributed by atoms with Gasteiger partial charge in [0.2, 0.25) is 11.8 Å². The molecule has 2 atom stereocenters. The minimum absolute atomic E-state index is 0.0166. The van der Waals surface area contributed by atoms with E-state index in [1.165, 1.54) is 0 Å². The highest BCUT2D eigenvalue weighted by atomic mass is 16.2. The summed E-state index contributed by atoms with van der Waals surface area (Å²) in [6.07, 6.45) is 1.70. The molecule has 3 rings (SSSR count). The third-order valence-corrected chi connectivity index (χ3v) is 6.77. The Morgan fingerprint density at radius 3 is 1.86 bits per heavy atom. The molecule has 2 unspecified atom stereocenters. The van der Waals surface area contributed by atoms with Crippen LogP contribution in [0.3, 0.4) is 0 Å². The minimum atomic E-state index is -0.525. The average molecular weight is 471 g/mol. The molecule has 0 saturated carbocycles. The maximum absolute atomic E-state index is 14.0. The third-order valence-electron chi connectivity index (χ3n) is 6.77. The number of carbonyl (C=O) groups is 2. The molecule has 2 amide bonds. The lowest BCUT2D eigenvalue weighted by atomic mass is 9.88. The van der Waals surface area contributed by atoms with Gasteiger partial charge in [-0.1, -0.05) is 98.8 Å². The van der Waals surface area contributed by atoms with Gasteiger partial charge in [0.25, 0.3) is 0 Å². The van der Waals surface area contributed by atoms with Crippen molar-refractivity contribution in [3.63, 3.8) is 0 Å². The number of nitrogens with zero attached hydrogens (tertiary/aromatic N) is 1. The molecule has 0 aliphatic heterocycles. The van der Waals surface area contributed by atoms with Gasteiger partial charge in [-0.2, -0.15) is 0 Å². The number of hydrogen-bond acceptors (Lipinski definition) is 2. The lowest BCUT2D eigenvalue weighted by Crippen LogP contribution is -2.51. The van der Waals surface area contributed by atoms with Gasteiger partial charge >= 0.3 is 0 Å². The van der Waals surface area contributed by atoms with E-state index in [1.54, 1.807) is 4.90 Å². The second kappa shape index (κ2) is 12.9. The number of carbonyl (C=O) groups excluding carboxylic acids is 2. The van der Waals surface area contributed by atoms with E-state index in [0.29, 0.717) is 19.4 Å². The van der Waals surface area contributed by atoms with Crippen LogP contribution in [-0.2, 0) is 16.1 Å². The van der Waals surface area contributed by atoms with Crippen LogP contribution in [0.4, 0.5) is 0 Å². The van der Waals surface area contributed by atoms with Crippen LogP contribution in [0.1, 0.15) is 68.2 Å². The quantitative estimate of drug-likeness (QED) is 0.361. The van der Waals surface area contributed by atoms with E-state index in [4.69, 9.17) is 0 Å². The fourth-order valence-electron chi connectivity index (χ4n) is 4.42. The molecule has 184 valence electrons. The lowest BCUT2D eigenvalue weighted by molar-refractivity contribution is -0.141. The molecule has 0 heterocycles. The van der Waals surface area contributed by atoms with Crippen molar-refractivity contribution in [1.29, 1.82) is 0 Å². The highest BCUT2D eigenvalue weighted by Gasteiger charge is 2.31. The molecule has 0 aliphatic carbocycles. The van der Waals surface area contributed by atoms with Gasteiger partial charge in [0.15, 0.2) is 0 Å². The first-order valence-corrected chi connectivity index (χ1v) is 12.7. The average Bonchev–Trinajstić information content (AvgIpc) is 2.89. The van der Waals surface area contributed by atoms with Crippen LogP contribution < -0.4 is 5.32 Å². The monoisotopic (exact) mass is 470 g/mol. The lowest BCUT2D eigenvalue weighted by Gasteiger charge is -2.33. The van der Waals surface area contributed by atoms with Gasteiger partial charge < -0.3 is 10.2 Å². The Morgan fingerprint density at radius 2 is 1.34 bits per heavy atom. The predicted molar refractivity (Wildman–Crippen MR) is 143 cm³/mol. The van der Waals surface area contributed by atoms with E-state index < -0.39 is 6.04 Å². The molecule has 0 aromatic heterocycles. The highest BCUT2D eigenvalue weighted by Crippen LogP contribution is 2.30. The Bertz CT molecular complexity index is 1040. The van der Waals surface area contributed by atoms with E-state index in [1.807, 2.05) is 75.4 Å². The van der Waals surface area contributed by atoms with Crippen molar-refractivity contribution in [2.45, 2.75) is 71.5 Å². The summed E-state index contributed by atoms with van der Waals surface area (Å²) in [7, 11) is 0. The molecule has 0 aliphatic rings. The fourth-order valence-corrected chi connectivity index (χ4v) is 4.42. The van der Waals surface area contributed by atoms with Gasteiger partial charge in [-0.15, -0.1) is 0 Å². The van der Waals surface area contributed by atoms with Gasteiger partial charge in [-0.3, -0.25) is 9.59 Å². The van der Waals surface area contributed by atoms with Gasteiger partial charge in [0.05, 0.1) is 0 Å². The molecule has 3 aromatic carbocycles. The molecule has 35 heavy (non-hydrogen) atoms. The fraction of sp³-hybridized carbons (Fsp3) is 0.355. The Labute approximate surface area is 210 Å². The number of amides is 2. The molecule has 3 aromatic rings. The standard InChI is InChI=1S/C31H38N2O2/c1-5-24(4)32-31(35)29(6-2)33(22-27-20-14-13-15-23(27)3)30(34)21-28(25-16-9-7-10-17-25)26-18-11-8-12-19-26/h7-20,24,28-29H,5-6,21-22H2,1-4H3,(H,32,35). The normalized spacial score (nSPS) is 12.7. The van der Waals surface area contributed by atoms with Crippen LogP contribution in [0.5, 0.6) is 0 Å². The Kier molecular flexibility index (Phi) is 9.66. The van der Waals surface area contributed by atoms with Crippen molar-refractivity contribution in [3.05, 3.63) is 107 Å². The molecule has 4 nitrogen and oxygen atoms in total. The topological polar surface area (TPSA) is 49.4 Å². The van der Waals surface area contributed by atoms with Crippen LogP contribution in [0, 0.1) is 6.92 Å². The summed E-state index contributed by atoms with van der Waals surface area (Å²) in [4.78, 5) is 29.1. The maximum atomic E-state index is 14.0. The summed E-state index contributed by atoms with van der Waals surface area (Å²) in [6.45, 7) is 8.49. The second-order valence-corrected chi connectivity index (χ2v) is 9.27. The minimum Gasteiger partial charge on any atom is -0.352 e. The Balaban J connectivity index is 1.96. The van der Waals surface area contributed by atoms with Crippen LogP contribution in [0.25, 0.3) is 0 Å². The van der Waals surface area contributed by atoms with E-state index in [-0.39, 0.29) is 23.8 Å². The van der Waals surface area contributed by atoms with Crippen molar-refractivity contribution in [2.75, 3.05) is 0 Å². The van der Waals surface area contributed by atoms with Crippen molar-refractivity contribution < 1.29 is 9.59 Å². The van der Waals surface area contributed by atoms with Crippen molar-refractivity contribution in [1.82, 2.24) is 10.2 Å². The molecule has 0 fully saturated rings. The van der Waals surface area contributed by atoms with E-state index in [2.05, 4.69) is 42.6 Å². The number of aryl methyl sites for hydroxylation is 1. The van der Waals surface area contributed by atoms with Gasteiger partial charge in [-0.25, -0.2) is 0 Å². The van der Waals surface area contributed by atoms with Gasteiger partial charge in [0.1, 0.15) is 6.04 Å². The molecule has 0 saturated heterocycles. The first-order chi connectivity index (χ1) is 16.9. The summed E-state index contributed by atoms with van der Waals surface area (Å²) in [5, 5.41) is 3.10. The summed E-state index contributed by atoms with van der Waals surface area (Å²) in [6, 6.07) is 27.9. The zero-order valence-electron chi connectivity index (χ0n) is 21.4. The third kappa shape index (κ3) is 7.05. The Morgan fingerprint density at radius 1 is 0.800 bits per heavy atom. The highest BCUT2D eigenvalue weighted by molar-refractivity contribution is 5.88. The molecular weight excluding hydrogens is 432 g/mol. The van der Waals surface area contributed by atoms with Crippen LogP contribution in [0.2, 0.25) is 0 Å². The first-order valence-electron chi connectivity index (χ1n) is 12.7. The second-order valence-electron chi connectivity index (χ2n) is 9.27.